The largest absolute Gasteiger partial charge is 0.383 e. The van der Waals surface area contributed by atoms with Gasteiger partial charge in [0.2, 0.25) is 0 Å². The molecular weight excluding hydrogens is 354 g/mol. The maximum absolute atomic E-state index is 5.53. The number of nitrogens with zero attached hydrogens (tertiary/aromatic N) is 3. The molecule has 1 unspecified atom stereocenters. The lowest BCUT2D eigenvalue weighted by Crippen LogP contribution is -2.51. The van der Waals surface area contributed by atoms with Gasteiger partial charge in [0, 0.05) is 52.9 Å². The smallest absolute Gasteiger partial charge is 0.191 e. The van der Waals surface area contributed by atoms with E-state index in [1.54, 1.807) is 7.11 Å². The van der Waals surface area contributed by atoms with Crippen molar-refractivity contribution in [3.05, 3.63) is 0 Å². The molecule has 0 amide bonds. The first-order valence-electron chi connectivity index (χ1n) is 11.1. The number of guanidine groups is 1. The zero-order chi connectivity index (χ0) is 20.2. The molecule has 2 N–H and O–H groups in total. The van der Waals surface area contributed by atoms with Crippen LogP contribution < -0.4 is 10.6 Å². The van der Waals surface area contributed by atoms with Gasteiger partial charge in [0.05, 0.1) is 19.8 Å². The second kappa shape index (κ2) is 13.4. The number of piperidine rings is 1. The molecule has 0 spiro atoms. The van der Waals surface area contributed by atoms with Gasteiger partial charge in [-0.1, -0.05) is 13.8 Å². The van der Waals surface area contributed by atoms with E-state index >= 15 is 0 Å². The molecule has 1 atom stereocenters. The lowest BCUT2D eigenvalue weighted by atomic mass is 9.97. The van der Waals surface area contributed by atoms with Gasteiger partial charge in [0.15, 0.2) is 5.96 Å². The number of morpholine rings is 1. The second-order valence-electron chi connectivity index (χ2n) is 8.54. The third kappa shape index (κ3) is 8.64. The molecule has 2 rings (SSSR count). The fraction of sp³-hybridized carbons (Fsp3) is 0.952. The summed E-state index contributed by atoms with van der Waals surface area (Å²) in [7, 11) is 3.65. The monoisotopic (exact) mass is 397 g/mol. The Kier molecular flexibility index (Phi) is 11.2. The highest BCUT2D eigenvalue weighted by atomic mass is 16.5. The summed E-state index contributed by atoms with van der Waals surface area (Å²) in [5.74, 6) is 2.35. The zero-order valence-electron chi connectivity index (χ0n) is 18.6. The van der Waals surface area contributed by atoms with E-state index in [9.17, 15) is 0 Å². The molecule has 0 radical (unpaired) electrons. The summed E-state index contributed by atoms with van der Waals surface area (Å²) in [6, 6.07) is 0.534. The minimum absolute atomic E-state index is 0.534. The van der Waals surface area contributed by atoms with Crippen LogP contribution >= 0.6 is 0 Å². The summed E-state index contributed by atoms with van der Waals surface area (Å²) in [5, 5.41) is 7.14. The Balaban J connectivity index is 1.70. The third-order valence-electron chi connectivity index (χ3n) is 5.91. The van der Waals surface area contributed by atoms with E-state index < -0.39 is 0 Å². The second-order valence-corrected chi connectivity index (χ2v) is 8.54. The SMILES string of the molecule is CN=C(NCC1CCN(CCOC)CC1)NCC(CC(C)C)N1CCOCC1. The molecule has 7 heteroatoms. The van der Waals surface area contributed by atoms with Crippen LogP contribution in [0.1, 0.15) is 33.1 Å². The van der Waals surface area contributed by atoms with Gasteiger partial charge >= 0.3 is 0 Å². The first kappa shape index (κ1) is 23.4. The zero-order valence-corrected chi connectivity index (χ0v) is 18.6. The third-order valence-corrected chi connectivity index (χ3v) is 5.91. The first-order chi connectivity index (χ1) is 13.6. The molecule has 0 bridgehead atoms. The van der Waals surface area contributed by atoms with E-state index in [1.165, 1.54) is 32.4 Å². The van der Waals surface area contributed by atoms with E-state index in [1.807, 2.05) is 7.05 Å². The Bertz CT molecular complexity index is 433. The number of nitrogens with one attached hydrogen (secondary N) is 2. The predicted octanol–water partition coefficient (Wildman–Crippen LogP) is 1.26. The highest BCUT2D eigenvalue weighted by Gasteiger charge is 2.23. The molecule has 2 aliphatic heterocycles. The molecule has 0 aromatic carbocycles. The summed E-state index contributed by atoms with van der Waals surface area (Å²) in [6.45, 7) is 14.6. The molecule has 2 heterocycles. The van der Waals surface area contributed by atoms with E-state index in [4.69, 9.17) is 9.47 Å². The summed E-state index contributed by atoms with van der Waals surface area (Å²) >= 11 is 0. The van der Waals surface area contributed by atoms with Gasteiger partial charge in [0.25, 0.3) is 0 Å². The average molecular weight is 398 g/mol. The molecule has 2 aliphatic rings. The summed E-state index contributed by atoms with van der Waals surface area (Å²) in [4.78, 5) is 9.52. The molecule has 28 heavy (non-hydrogen) atoms. The van der Waals surface area contributed by atoms with Crippen LogP contribution in [0, 0.1) is 11.8 Å². The fourth-order valence-electron chi connectivity index (χ4n) is 4.16. The molecule has 0 aliphatic carbocycles. The van der Waals surface area contributed by atoms with Crippen LogP contribution in [0.25, 0.3) is 0 Å². The van der Waals surface area contributed by atoms with Crippen molar-refractivity contribution in [2.45, 2.75) is 39.2 Å². The van der Waals surface area contributed by atoms with Crippen LogP contribution in [0.3, 0.4) is 0 Å². The van der Waals surface area contributed by atoms with E-state index in [0.717, 1.165) is 64.4 Å². The molecule has 0 aromatic rings. The maximum atomic E-state index is 5.53. The van der Waals surface area contributed by atoms with Crippen LogP contribution in [0.2, 0.25) is 0 Å². The minimum Gasteiger partial charge on any atom is -0.383 e. The maximum Gasteiger partial charge on any atom is 0.191 e. The summed E-state index contributed by atoms with van der Waals surface area (Å²) in [6.07, 6.45) is 3.69. The van der Waals surface area contributed by atoms with Gasteiger partial charge in [-0.3, -0.25) is 9.89 Å². The van der Waals surface area contributed by atoms with Gasteiger partial charge in [-0.15, -0.1) is 0 Å². The average Bonchev–Trinajstić information content (AvgIpc) is 2.72. The Hall–Kier alpha value is -0.890. The van der Waals surface area contributed by atoms with Crippen LogP contribution in [-0.4, -0.2) is 102 Å². The number of rotatable bonds is 10. The molecular formula is C21H43N5O2. The first-order valence-corrected chi connectivity index (χ1v) is 11.1. The Morgan fingerprint density at radius 3 is 2.46 bits per heavy atom. The van der Waals surface area contributed by atoms with Crippen molar-refractivity contribution in [3.63, 3.8) is 0 Å². The van der Waals surface area contributed by atoms with Crippen molar-refractivity contribution in [3.8, 4) is 0 Å². The fourth-order valence-corrected chi connectivity index (χ4v) is 4.16. The van der Waals surface area contributed by atoms with Crippen LogP contribution in [0.15, 0.2) is 4.99 Å². The molecule has 0 saturated carbocycles. The van der Waals surface area contributed by atoms with Gasteiger partial charge in [-0.05, 0) is 44.2 Å². The lowest BCUT2D eigenvalue weighted by Gasteiger charge is -2.36. The number of hydrogen-bond acceptors (Lipinski definition) is 5. The normalized spacial score (nSPS) is 21.8. The minimum atomic E-state index is 0.534. The highest BCUT2D eigenvalue weighted by Crippen LogP contribution is 2.16. The Morgan fingerprint density at radius 2 is 1.86 bits per heavy atom. The van der Waals surface area contributed by atoms with Gasteiger partial charge < -0.3 is 25.0 Å². The van der Waals surface area contributed by atoms with Crippen LogP contribution in [0.5, 0.6) is 0 Å². The Morgan fingerprint density at radius 1 is 1.14 bits per heavy atom. The number of aliphatic imine (C=N–C) groups is 1. The van der Waals surface area contributed by atoms with Crippen molar-refractivity contribution in [2.24, 2.45) is 16.8 Å². The standard InChI is InChI=1S/C21H43N5O2/c1-18(2)15-20(26-10-13-28-14-11-26)17-24-21(22-3)23-16-19-5-7-25(8-6-19)9-12-27-4/h18-20H,5-17H2,1-4H3,(H2,22,23,24). The summed E-state index contributed by atoms with van der Waals surface area (Å²) < 4.78 is 10.7. The van der Waals surface area contributed by atoms with Crippen molar-refractivity contribution in [1.82, 2.24) is 20.4 Å². The van der Waals surface area contributed by atoms with Crippen molar-refractivity contribution in [1.29, 1.82) is 0 Å². The van der Waals surface area contributed by atoms with E-state index in [0.29, 0.717) is 12.0 Å². The predicted molar refractivity (Wildman–Crippen MR) is 116 cm³/mol. The molecule has 2 fully saturated rings. The van der Waals surface area contributed by atoms with Gasteiger partial charge in [-0.2, -0.15) is 0 Å². The number of ether oxygens (including phenoxy) is 2. The van der Waals surface area contributed by atoms with Crippen LogP contribution in [-0.2, 0) is 9.47 Å². The quantitative estimate of drug-likeness (QED) is 0.427. The number of methoxy groups -OCH3 is 1. The molecule has 2 saturated heterocycles. The van der Waals surface area contributed by atoms with Crippen molar-refractivity contribution >= 4 is 5.96 Å². The number of likely N-dealkylation sites (tertiary alicyclic amines) is 1. The van der Waals surface area contributed by atoms with Crippen molar-refractivity contribution in [2.75, 3.05) is 79.8 Å². The van der Waals surface area contributed by atoms with Crippen LogP contribution in [0.4, 0.5) is 0 Å². The molecule has 0 aromatic heterocycles. The van der Waals surface area contributed by atoms with E-state index in [-0.39, 0.29) is 0 Å². The Labute approximate surface area is 172 Å². The van der Waals surface area contributed by atoms with Gasteiger partial charge in [-0.25, -0.2) is 0 Å². The highest BCUT2D eigenvalue weighted by molar-refractivity contribution is 5.79. The number of hydrogen-bond donors (Lipinski definition) is 2. The van der Waals surface area contributed by atoms with E-state index in [2.05, 4.69) is 39.3 Å². The topological polar surface area (TPSA) is 61.4 Å². The lowest BCUT2D eigenvalue weighted by molar-refractivity contribution is 0.0132. The summed E-state index contributed by atoms with van der Waals surface area (Å²) in [5.41, 5.74) is 0. The molecule has 164 valence electrons. The van der Waals surface area contributed by atoms with Crippen molar-refractivity contribution < 1.29 is 9.47 Å². The molecule has 7 nitrogen and oxygen atoms in total. The van der Waals surface area contributed by atoms with Gasteiger partial charge in [0.1, 0.15) is 0 Å².